The summed E-state index contributed by atoms with van der Waals surface area (Å²) in [6.07, 6.45) is 13.5. The van der Waals surface area contributed by atoms with Crippen molar-refractivity contribution in [3.05, 3.63) is 34.9 Å². The van der Waals surface area contributed by atoms with Crippen molar-refractivity contribution >= 4 is 5.97 Å². The highest BCUT2D eigenvalue weighted by Crippen LogP contribution is 2.59. The number of nitrogens with zero attached hydrogens (tertiary/aromatic N) is 1. The first-order chi connectivity index (χ1) is 19.5. The number of benzene rings is 1. The van der Waals surface area contributed by atoms with Crippen molar-refractivity contribution in [2.24, 2.45) is 29.1 Å². The third kappa shape index (κ3) is 8.59. The van der Waals surface area contributed by atoms with Gasteiger partial charge in [0.2, 0.25) is 0 Å². The van der Waals surface area contributed by atoms with Gasteiger partial charge in [0.25, 0.3) is 0 Å². The number of fused-ring (bicyclic) bond motifs is 9. The third-order valence-electron chi connectivity index (χ3n) is 11.2. The number of carbonyl (C=O) groups is 1. The van der Waals surface area contributed by atoms with Gasteiger partial charge < -0.3 is 9.47 Å². The molecule has 1 aliphatic heterocycles. The number of rotatable bonds is 8. The molecule has 1 saturated carbocycles. The van der Waals surface area contributed by atoms with Gasteiger partial charge in [-0.05, 0) is 90.7 Å². The van der Waals surface area contributed by atoms with Gasteiger partial charge in [-0.15, -0.1) is 0 Å². The highest BCUT2D eigenvalue weighted by molar-refractivity contribution is 5.66. The summed E-state index contributed by atoms with van der Waals surface area (Å²) < 4.78 is 11.7. The SMILES string of the molecule is CC(=O)O[C@@]1(C)CCC(C)CCC[C@]2(C)[C@@H]([C@H](C)CCCC(C)C)CC[C@H]2c2ccc(cc2CN2CCOCC2)C1. The van der Waals surface area contributed by atoms with E-state index in [2.05, 4.69) is 64.6 Å². The van der Waals surface area contributed by atoms with Crippen LogP contribution in [-0.4, -0.2) is 42.8 Å². The minimum atomic E-state index is -0.458. The summed E-state index contributed by atoms with van der Waals surface area (Å²) in [5.41, 5.74) is 4.29. The minimum Gasteiger partial charge on any atom is -0.459 e. The number of ether oxygens (including phenoxy) is 2. The van der Waals surface area contributed by atoms with Gasteiger partial charge in [0.15, 0.2) is 0 Å². The van der Waals surface area contributed by atoms with Crippen LogP contribution in [0.1, 0.15) is 135 Å². The second-order valence-corrected chi connectivity index (χ2v) is 15.2. The molecule has 0 radical (unpaired) electrons. The van der Waals surface area contributed by atoms with Crippen LogP contribution in [-0.2, 0) is 27.2 Å². The molecule has 2 bridgehead atoms. The van der Waals surface area contributed by atoms with E-state index in [1.54, 1.807) is 12.5 Å². The van der Waals surface area contributed by atoms with Crippen LogP contribution in [0.5, 0.6) is 0 Å². The second-order valence-electron chi connectivity index (χ2n) is 15.2. The standard InChI is InChI=1S/C37H61NO3/c1-27(2)10-8-12-29(4)34-15-16-35-33-14-13-31(24-32(33)26-38-20-22-40-23-21-38)25-36(6,41-30(5)39)19-17-28(3)11-9-18-37(34,35)7/h13-14,24,27-29,34-35H,8-12,15-23,25-26H2,1-7H3/t28?,29-,34-,35+,36+,37-/m1/s1. The zero-order valence-corrected chi connectivity index (χ0v) is 27.6. The van der Waals surface area contributed by atoms with Gasteiger partial charge in [-0.25, -0.2) is 0 Å². The molecule has 0 amide bonds. The zero-order chi connectivity index (χ0) is 29.6. The summed E-state index contributed by atoms with van der Waals surface area (Å²) >= 11 is 0. The van der Waals surface area contributed by atoms with E-state index in [-0.39, 0.29) is 5.97 Å². The third-order valence-corrected chi connectivity index (χ3v) is 11.2. The normalized spacial score (nSPS) is 32.4. The zero-order valence-electron chi connectivity index (χ0n) is 27.6. The first-order valence-corrected chi connectivity index (χ1v) is 17.1. The lowest BCUT2D eigenvalue weighted by molar-refractivity contribution is -0.156. The van der Waals surface area contributed by atoms with Crippen molar-refractivity contribution in [1.29, 1.82) is 0 Å². The predicted molar refractivity (Wildman–Crippen MR) is 170 cm³/mol. The van der Waals surface area contributed by atoms with Gasteiger partial charge in [0.05, 0.1) is 13.2 Å². The van der Waals surface area contributed by atoms with Crippen LogP contribution in [0, 0.1) is 29.1 Å². The molecular weight excluding hydrogens is 506 g/mol. The summed E-state index contributed by atoms with van der Waals surface area (Å²) in [5.74, 6) is 3.48. The molecule has 1 aromatic rings. The number of carbonyl (C=O) groups excluding carboxylic acids is 1. The van der Waals surface area contributed by atoms with E-state index in [1.807, 2.05) is 0 Å². The Morgan fingerprint density at radius 2 is 1.80 bits per heavy atom. The number of hydrogen-bond acceptors (Lipinski definition) is 4. The van der Waals surface area contributed by atoms with E-state index >= 15 is 0 Å². The number of hydrogen-bond donors (Lipinski definition) is 0. The van der Waals surface area contributed by atoms with Gasteiger partial charge in [-0.2, -0.15) is 0 Å². The molecule has 4 nitrogen and oxygen atoms in total. The minimum absolute atomic E-state index is 0.165. The Morgan fingerprint density at radius 1 is 1.05 bits per heavy atom. The van der Waals surface area contributed by atoms with Crippen molar-refractivity contribution in [2.75, 3.05) is 26.3 Å². The lowest BCUT2D eigenvalue weighted by Gasteiger charge is -2.42. The maximum absolute atomic E-state index is 12.2. The van der Waals surface area contributed by atoms with Gasteiger partial charge in [0.1, 0.15) is 5.60 Å². The molecular formula is C37H61NO3. The molecule has 1 heterocycles. The highest BCUT2D eigenvalue weighted by atomic mass is 16.6. The first-order valence-electron chi connectivity index (χ1n) is 17.1. The Labute approximate surface area is 252 Å². The average Bonchev–Trinajstić information content (AvgIpc) is 3.24. The van der Waals surface area contributed by atoms with Crippen LogP contribution >= 0.6 is 0 Å². The maximum atomic E-state index is 12.2. The molecule has 4 heteroatoms. The molecule has 0 spiro atoms. The molecule has 1 aromatic carbocycles. The molecule has 1 saturated heterocycles. The van der Waals surface area contributed by atoms with Crippen LogP contribution in [0.2, 0.25) is 0 Å². The van der Waals surface area contributed by atoms with Gasteiger partial charge in [0, 0.05) is 33.0 Å². The van der Waals surface area contributed by atoms with E-state index in [1.165, 1.54) is 62.5 Å². The van der Waals surface area contributed by atoms with E-state index in [9.17, 15) is 4.79 Å². The second kappa shape index (κ2) is 14.4. The summed E-state index contributed by atoms with van der Waals surface area (Å²) in [6.45, 7) is 20.8. The van der Waals surface area contributed by atoms with Crippen molar-refractivity contribution in [2.45, 2.75) is 137 Å². The molecule has 6 atom stereocenters. The Morgan fingerprint density at radius 3 is 2.51 bits per heavy atom. The van der Waals surface area contributed by atoms with E-state index in [0.717, 1.165) is 69.9 Å². The Kier molecular flexibility index (Phi) is 11.4. The Balaban J connectivity index is 1.70. The van der Waals surface area contributed by atoms with E-state index < -0.39 is 5.60 Å². The molecule has 0 aromatic heterocycles. The summed E-state index contributed by atoms with van der Waals surface area (Å²) in [6, 6.07) is 7.35. The van der Waals surface area contributed by atoms with Gasteiger partial charge >= 0.3 is 5.97 Å². The Hall–Kier alpha value is -1.39. The van der Waals surface area contributed by atoms with Crippen LogP contribution in [0.4, 0.5) is 0 Å². The maximum Gasteiger partial charge on any atom is 0.303 e. The molecule has 3 aliphatic carbocycles. The van der Waals surface area contributed by atoms with Gasteiger partial charge in [-0.1, -0.05) is 84.9 Å². The lowest BCUT2D eigenvalue weighted by Crippen LogP contribution is -2.37. The van der Waals surface area contributed by atoms with Gasteiger partial charge in [-0.3, -0.25) is 9.69 Å². The van der Waals surface area contributed by atoms with Crippen molar-refractivity contribution < 1.29 is 14.3 Å². The summed E-state index contributed by atoms with van der Waals surface area (Å²) in [4.78, 5) is 14.7. The fraction of sp³-hybridized carbons (Fsp3) is 0.811. The van der Waals surface area contributed by atoms with Crippen LogP contribution in [0.15, 0.2) is 18.2 Å². The molecule has 2 fully saturated rings. The van der Waals surface area contributed by atoms with Crippen LogP contribution in [0.25, 0.3) is 0 Å². The quantitative estimate of drug-likeness (QED) is 0.294. The fourth-order valence-corrected chi connectivity index (χ4v) is 8.85. The largest absolute Gasteiger partial charge is 0.459 e. The van der Waals surface area contributed by atoms with E-state index in [0.29, 0.717) is 17.3 Å². The van der Waals surface area contributed by atoms with Crippen molar-refractivity contribution in [3.63, 3.8) is 0 Å². The first kappa shape index (κ1) is 32.5. The van der Waals surface area contributed by atoms with Crippen molar-refractivity contribution in [3.8, 4) is 0 Å². The van der Waals surface area contributed by atoms with Crippen LogP contribution in [0.3, 0.4) is 0 Å². The number of morpholine rings is 1. The van der Waals surface area contributed by atoms with Crippen molar-refractivity contribution in [1.82, 2.24) is 4.90 Å². The molecule has 1 unspecified atom stereocenters. The average molecular weight is 568 g/mol. The molecule has 0 N–H and O–H groups in total. The predicted octanol–water partition coefficient (Wildman–Crippen LogP) is 8.95. The Bertz CT molecular complexity index is 984. The highest BCUT2D eigenvalue weighted by Gasteiger charge is 2.49. The lowest BCUT2D eigenvalue weighted by atomic mass is 9.63. The smallest absolute Gasteiger partial charge is 0.303 e. The number of esters is 1. The monoisotopic (exact) mass is 567 g/mol. The topological polar surface area (TPSA) is 38.8 Å². The summed E-state index contributed by atoms with van der Waals surface area (Å²) in [7, 11) is 0. The summed E-state index contributed by atoms with van der Waals surface area (Å²) in [5, 5.41) is 0. The fourth-order valence-electron chi connectivity index (χ4n) is 8.85. The molecule has 232 valence electrons. The molecule has 4 aliphatic rings. The van der Waals surface area contributed by atoms with E-state index in [4.69, 9.17) is 9.47 Å². The molecule has 41 heavy (non-hydrogen) atoms. The molecule has 5 rings (SSSR count). The van der Waals surface area contributed by atoms with Crippen LogP contribution < -0.4 is 0 Å².